The van der Waals surface area contributed by atoms with Crippen LogP contribution in [0.25, 0.3) is 10.4 Å². The molecule has 0 spiro atoms. The molecular formula is C9H6ClFN4. The average molecular weight is 225 g/mol. The molecule has 4 nitrogen and oxygen atoms in total. The van der Waals surface area contributed by atoms with Gasteiger partial charge in [0.1, 0.15) is 0 Å². The van der Waals surface area contributed by atoms with Gasteiger partial charge in [-0.05, 0) is 11.6 Å². The molecule has 0 bridgehead atoms. The molecule has 0 saturated heterocycles. The zero-order chi connectivity index (χ0) is 11.1. The van der Waals surface area contributed by atoms with Crippen molar-refractivity contribution in [2.45, 2.75) is 6.42 Å². The van der Waals surface area contributed by atoms with Gasteiger partial charge in [0.2, 0.25) is 5.95 Å². The Kier molecular flexibility index (Phi) is 4.42. The first-order valence-electron chi connectivity index (χ1n) is 4.05. The van der Waals surface area contributed by atoms with Crippen molar-refractivity contribution >= 4 is 11.6 Å². The van der Waals surface area contributed by atoms with Crippen molar-refractivity contribution in [2.24, 2.45) is 5.11 Å². The summed E-state index contributed by atoms with van der Waals surface area (Å²) in [5.74, 6) is 4.76. The Morgan fingerprint density at radius 1 is 1.67 bits per heavy atom. The lowest BCUT2D eigenvalue weighted by Crippen LogP contribution is -1.85. The number of hydrogen-bond acceptors (Lipinski definition) is 2. The van der Waals surface area contributed by atoms with Crippen LogP contribution < -0.4 is 0 Å². The van der Waals surface area contributed by atoms with Crippen LogP contribution in [0.4, 0.5) is 4.39 Å². The van der Waals surface area contributed by atoms with Crippen molar-refractivity contribution in [2.75, 3.05) is 6.54 Å². The van der Waals surface area contributed by atoms with E-state index in [1.165, 1.54) is 12.3 Å². The maximum absolute atomic E-state index is 12.6. The molecule has 15 heavy (non-hydrogen) atoms. The Labute approximate surface area is 90.7 Å². The highest BCUT2D eigenvalue weighted by molar-refractivity contribution is 6.30. The third-order valence-corrected chi connectivity index (χ3v) is 1.69. The first-order valence-corrected chi connectivity index (χ1v) is 4.42. The topological polar surface area (TPSA) is 61.7 Å². The maximum Gasteiger partial charge on any atom is 0.231 e. The predicted molar refractivity (Wildman–Crippen MR) is 54.7 cm³/mol. The van der Waals surface area contributed by atoms with Gasteiger partial charge in [-0.3, -0.25) is 0 Å². The highest BCUT2D eigenvalue weighted by Crippen LogP contribution is 2.12. The summed E-state index contributed by atoms with van der Waals surface area (Å²) in [4.78, 5) is 5.99. The SMILES string of the molecule is [N-]=[N+]=NCCC#Cc1cnc(F)c(Cl)c1. The van der Waals surface area contributed by atoms with Gasteiger partial charge < -0.3 is 0 Å². The molecule has 0 unspecified atom stereocenters. The summed E-state index contributed by atoms with van der Waals surface area (Å²) in [5.41, 5.74) is 8.52. The molecule has 1 aromatic rings. The molecule has 0 atom stereocenters. The largest absolute Gasteiger partial charge is 0.231 e. The minimum atomic E-state index is -0.712. The molecule has 0 N–H and O–H groups in total. The monoisotopic (exact) mass is 224 g/mol. The van der Waals surface area contributed by atoms with Crippen LogP contribution in [0.5, 0.6) is 0 Å². The van der Waals surface area contributed by atoms with Crippen LogP contribution in [0.3, 0.4) is 0 Å². The summed E-state index contributed by atoms with van der Waals surface area (Å²) in [5, 5.41) is 3.25. The number of pyridine rings is 1. The molecule has 1 heterocycles. The Bertz CT molecular complexity index is 457. The highest BCUT2D eigenvalue weighted by atomic mass is 35.5. The number of nitrogens with zero attached hydrogens (tertiary/aromatic N) is 4. The Balaban J connectivity index is 2.64. The van der Waals surface area contributed by atoms with Crippen molar-refractivity contribution in [1.82, 2.24) is 4.98 Å². The van der Waals surface area contributed by atoms with Crippen molar-refractivity contribution in [1.29, 1.82) is 0 Å². The van der Waals surface area contributed by atoms with Crippen molar-refractivity contribution in [3.8, 4) is 11.8 Å². The van der Waals surface area contributed by atoms with E-state index in [2.05, 4.69) is 26.9 Å². The van der Waals surface area contributed by atoms with Crippen LogP contribution >= 0.6 is 11.6 Å². The van der Waals surface area contributed by atoms with E-state index in [1.54, 1.807) is 0 Å². The number of aromatic nitrogens is 1. The van der Waals surface area contributed by atoms with Crippen molar-refractivity contribution in [3.63, 3.8) is 0 Å². The molecule has 1 rings (SSSR count). The Hall–Kier alpha value is -1.76. The van der Waals surface area contributed by atoms with E-state index in [-0.39, 0.29) is 5.02 Å². The molecular weight excluding hydrogens is 219 g/mol. The second-order valence-electron chi connectivity index (χ2n) is 2.50. The van der Waals surface area contributed by atoms with Crippen LogP contribution in [-0.2, 0) is 0 Å². The lowest BCUT2D eigenvalue weighted by molar-refractivity contribution is 0.584. The highest BCUT2D eigenvalue weighted by Gasteiger charge is 1.99. The van der Waals surface area contributed by atoms with Gasteiger partial charge in [-0.25, -0.2) is 4.98 Å². The van der Waals surface area contributed by atoms with Crippen LogP contribution in [0.1, 0.15) is 12.0 Å². The first-order chi connectivity index (χ1) is 7.24. The number of halogens is 2. The fourth-order valence-corrected chi connectivity index (χ4v) is 0.971. The van der Waals surface area contributed by atoms with Crippen LogP contribution in [0, 0.1) is 17.8 Å². The minimum Gasteiger partial charge on any atom is -0.226 e. The summed E-state index contributed by atoms with van der Waals surface area (Å²) in [6.07, 6.45) is 1.74. The molecule has 6 heteroatoms. The van der Waals surface area contributed by atoms with Gasteiger partial charge in [0, 0.05) is 29.6 Å². The third-order valence-electron chi connectivity index (χ3n) is 1.43. The summed E-state index contributed by atoms with van der Waals surface area (Å²) in [6, 6.07) is 1.39. The lowest BCUT2D eigenvalue weighted by Gasteiger charge is -1.92. The lowest BCUT2D eigenvalue weighted by atomic mass is 10.3. The van der Waals surface area contributed by atoms with E-state index in [4.69, 9.17) is 17.1 Å². The van der Waals surface area contributed by atoms with Gasteiger partial charge in [-0.15, -0.1) is 0 Å². The van der Waals surface area contributed by atoms with Gasteiger partial charge in [0.15, 0.2) is 0 Å². The molecule has 0 aliphatic carbocycles. The number of azide groups is 1. The molecule has 0 aliphatic heterocycles. The molecule has 0 saturated carbocycles. The van der Waals surface area contributed by atoms with Gasteiger partial charge in [-0.2, -0.15) is 4.39 Å². The third kappa shape index (κ3) is 3.86. The van der Waals surface area contributed by atoms with Gasteiger partial charge in [-0.1, -0.05) is 28.6 Å². The minimum absolute atomic E-state index is 0.0585. The predicted octanol–water partition coefficient (Wildman–Crippen LogP) is 2.93. The second kappa shape index (κ2) is 5.86. The van der Waals surface area contributed by atoms with Crippen molar-refractivity contribution < 1.29 is 4.39 Å². The van der Waals surface area contributed by atoms with Crippen molar-refractivity contribution in [3.05, 3.63) is 39.2 Å². The fourth-order valence-electron chi connectivity index (χ4n) is 0.805. The molecule has 1 aromatic heterocycles. The van der Waals surface area contributed by atoms with Gasteiger partial charge in [0.25, 0.3) is 0 Å². The molecule has 76 valence electrons. The van der Waals surface area contributed by atoms with Gasteiger partial charge in [0.05, 0.1) is 5.02 Å². The summed E-state index contributed by atoms with van der Waals surface area (Å²) < 4.78 is 12.6. The van der Waals surface area contributed by atoms with Crippen LogP contribution in [-0.4, -0.2) is 11.5 Å². The average Bonchev–Trinajstić information content (AvgIpc) is 2.23. The van der Waals surface area contributed by atoms with E-state index in [9.17, 15) is 4.39 Å². The zero-order valence-electron chi connectivity index (χ0n) is 7.61. The second-order valence-corrected chi connectivity index (χ2v) is 2.91. The number of hydrogen-bond donors (Lipinski definition) is 0. The van der Waals surface area contributed by atoms with Crippen LogP contribution in [0.2, 0.25) is 5.02 Å². The molecule has 0 fully saturated rings. The van der Waals surface area contributed by atoms with E-state index in [0.717, 1.165) is 0 Å². The Morgan fingerprint density at radius 3 is 3.13 bits per heavy atom. The summed E-state index contributed by atoms with van der Waals surface area (Å²) in [7, 11) is 0. The van der Waals surface area contributed by atoms with E-state index >= 15 is 0 Å². The van der Waals surface area contributed by atoms with E-state index in [1.807, 2.05) is 0 Å². The molecule has 0 amide bonds. The molecule has 0 aliphatic rings. The molecule has 0 radical (unpaired) electrons. The first kappa shape index (κ1) is 11.3. The van der Waals surface area contributed by atoms with Crippen LogP contribution in [0.15, 0.2) is 17.4 Å². The standard InChI is InChI=1S/C9H6ClFN4/c10-8-5-7(6-13-9(8)11)3-1-2-4-14-15-12/h5-6H,2,4H2. The quantitative estimate of drug-likeness (QED) is 0.190. The molecule has 0 aromatic carbocycles. The fraction of sp³-hybridized carbons (Fsp3) is 0.222. The smallest absolute Gasteiger partial charge is 0.226 e. The van der Waals surface area contributed by atoms with Gasteiger partial charge >= 0.3 is 0 Å². The Morgan fingerprint density at radius 2 is 2.47 bits per heavy atom. The summed E-state index contributed by atoms with van der Waals surface area (Å²) >= 11 is 5.50. The summed E-state index contributed by atoms with van der Waals surface area (Å²) in [6.45, 7) is 0.311. The number of rotatable bonds is 2. The normalized spacial score (nSPS) is 8.67. The van der Waals surface area contributed by atoms with E-state index in [0.29, 0.717) is 18.5 Å². The maximum atomic E-state index is 12.6. The van der Waals surface area contributed by atoms with E-state index < -0.39 is 5.95 Å². The zero-order valence-corrected chi connectivity index (χ0v) is 8.37.